The Kier molecular flexibility index (Phi) is 3.71. The standard InChI is InChI=1S/C11H14N6O2/c1-17-15-11(14-16-17)13-10(19)9(12)6-7-2-4-8(18)5-3-7/h2-5,9,18H,6,12H2,1H3,(H,13,15,19)/t9-/m0/s1. The van der Waals surface area contributed by atoms with Gasteiger partial charge in [-0.25, -0.2) is 0 Å². The fourth-order valence-electron chi connectivity index (χ4n) is 1.52. The number of aromatic nitrogens is 4. The Morgan fingerprint density at radius 1 is 1.47 bits per heavy atom. The minimum Gasteiger partial charge on any atom is -0.508 e. The molecule has 0 radical (unpaired) electrons. The van der Waals surface area contributed by atoms with Crippen molar-refractivity contribution in [2.75, 3.05) is 5.32 Å². The summed E-state index contributed by atoms with van der Waals surface area (Å²) in [6.07, 6.45) is 0.354. The molecular weight excluding hydrogens is 248 g/mol. The molecule has 0 aliphatic heterocycles. The highest BCUT2D eigenvalue weighted by Gasteiger charge is 2.16. The van der Waals surface area contributed by atoms with Crippen LogP contribution < -0.4 is 11.1 Å². The number of aromatic hydroxyl groups is 1. The van der Waals surface area contributed by atoms with Crippen molar-refractivity contribution in [3.8, 4) is 5.75 Å². The molecule has 19 heavy (non-hydrogen) atoms. The number of nitrogens with one attached hydrogen (secondary N) is 1. The van der Waals surface area contributed by atoms with Gasteiger partial charge >= 0.3 is 0 Å². The van der Waals surface area contributed by atoms with Gasteiger partial charge in [-0.05, 0) is 29.3 Å². The third-order valence-electron chi connectivity index (χ3n) is 2.47. The summed E-state index contributed by atoms with van der Waals surface area (Å²) in [4.78, 5) is 13.0. The number of tetrazole rings is 1. The molecule has 0 aliphatic rings. The lowest BCUT2D eigenvalue weighted by molar-refractivity contribution is -0.117. The number of benzene rings is 1. The van der Waals surface area contributed by atoms with E-state index in [4.69, 9.17) is 10.8 Å². The van der Waals surface area contributed by atoms with Gasteiger partial charge in [0, 0.05) is 0 Å². The van der Waals surface area contributed by atoms with E-state index in [0.29, 0.717) is 6.42 Å². The first kappa shape index (κ1) is 13.0. The molecule has 0 saturated carbocycles. The number of carbonyl (C=O) groups is 1. The molecule has 0 unspecified atom stereocenters. The number of amides is 1. The van der Waals surface area contributed by atoms with E-state index in [-0.39, 0.29) is 17.6 Å². The van der Waals surface area contributed by atoms with Crippen LogP contribution >= 0.6 is 0 Å². The average Bonchev–Trinajstić information content (AvgIpc) is 2.77. The summed E-state index contributed by atoms with van der Waals surface area (Å²) in [5, 5.41) is 22.7. The molecule has 0 bridgehead atoms. The number of nitrogens with zero attached hydrogens (tertiary/aromatic N) is 4. The number of phenols is 1. The van der Waals surface area contributed by atoms with Crippen LogP contribution in [-0.4, -0.2) is 37.3 Å². The lowest BCUT2D eigenvalue weighted by atomic mass is 10.1. The van der Waals surface area contributed by atoms with E-state index in [1.54, 1.807) is 31.3 Å². The van der Waals surface area contributed by atoms with Gasteiger partial charge in [0.25, 0.3) is 5.95 Å². The quantitative estimate of drug-likeness (QED) is 0.678. The van der Waals surface area contributed by atoms with Crippen LogP contribution in [0.2, 0.25) is 0 Å². The Hall–Kier alpha value is -2.48. The van der Waals surface area contributed by atoms with Gasteiger partial charge in [-0.3, -0.25) is 10.1 Å². The number of phenolic OH excluding ortho intramolecular Hbond substituents is 1. The molecule has 1 aromatic heterocycles. The smallest absolute Gasteiger partial charge is 0.270 e. The zero-order valence-corrected chi connectivity index (χ0v) is 10.3. The van der Waals surface area contributed by atoms with Crippen LogP contribution in [0.3, 0.4) is 0 Å². The molecule has 8 nitrogen and oxygen atoms in total. The first-order chi connectivity index (χ1) is 9.04. The number of rotatable bonds is 4. The maximum Gasteiger partial charge on any atom is 0.270 e. The second-order valence-corrected chi connectivity index (χ2v) is 4.07. The van der Waals surface area contributed by atoms with Gasteiger partial charge in [0.1, 0.15) is 5.75 Å². The largest absolute Gasteiger partial charge is 0.508 e. The Labute approximate surface area is 109 Å². The third-order valence-corrected chi connectivity index (χ3v) is 2.47. The van der Waals surface area contributed by atoms with Crippen LogP contribution in [0.5, 0.6) is 5.75 Å². The van der Waals surface area contributed by atoms with E-state index < -0.39 is 6.04 Å². The van der Waals surface area contributed by atoms with E-state index in [0.717, 1.165) is 5.56 Å². The van der Waals surface area contributed by atoms with Crippen molar-refractivity contribution >= 4 is 11.9 Å². The molecule has 100 valence electrons. The van der Waals surface area contributed by atoms with Gasteiger partial charge in [-0.1, -0.05) is 17.2 Å². The molecule has 2 aromatic rings. The molecule has 1 heterocycles. The zero-order valence-electron chi connectivity index (χ0n) is 10.3. The van der Waals surface area contributed by atoms with Crippen LogP contribution in [0.1, 0.15) is 5.56 Å². The molecule has 0 aliphatic carbocycles. The zero-order chi connectivity index (χ0) is 13.8. The average molecular weight is 262 g/mol. The number of aryl methyl sites for hydroxylation is 1. The summed E-state index contributed by atoms with van der Waals surface area (Å²) < 4.78 is 0. The summed E-state index contributed by atoms with van der Waals surface area (Å²) in [5.41, 5.74) is 6.64. The first-order valence-corrected chi connectivity index (χ1v) is 5.63. The van der Waals surface area contributed by atoms with Crippen molar-refractivity contribution in [1.82, 2.24) is 20.2 Å². The first-order valence-electron chi connectivity index (χ1n) is 5.63. The number of carbonyl (C=O) groups excluding carboxylic acids is 1. The van der Waals surface area contributed by atoms with E-state index >= 15 is 0 Å². The van der Waals surface area contributed by atoms with E-state index in [9.17, 15) is 4.79 Å². The summed E-state index contributed by atoms with van der Waals surface area (Å²) in [7, 11) is 1.60. The second-order valence-electron chi connectivity index (χ2n) is 4.07. The molecule has 8 heteroatoms. The SMILES string of the molecule is Cn1nnc(NC(=O)[C@@H](N)Cc2ccc(O)cc2)n1. The monoisotopic (exact) mass is 262 g/mol. The summed E-state index contributed by atoms with van der Waals surface area (Å²) in [5.74, 6) is -0.0970. The highest BCUT2D eigenvalue weighted by molar-refractivity contribution is 5.93. The van der Waals surface area contributed by atoms with E-state index in [2.05, 4.69) is 20.7 Å². The molecule has 0 spiro atoms. The Balaban J connectivity index is 1.94. The molecule has 1 amide bonds. The van der Waals surface area contributed by atoms with Crippen molar-refractivity contribution in [3.05, 3.63) is 29.8 Å². The number of hydrogen-bond acceptors (Lipinski definition) is 6. The van der Waals surface area contributed by atoms with Crippen molar-refractivity contribution in [1.29, 1.82) is 0 Å². The number of anilines is 1. The third kappa shape index (κ3) is 3.49. The minimum atomic E-state index is -0.728. The highest BCUT2D eigenvalue weighted by atomic mass is 16.3. The molecule has 1 atom stereocenters. The minimum absolute atomic E-state index is 0.119. The van der Waals surface area contributed by atoms with Crippen molar-refractivity contribution in [3.63, 3.8) is 0 Å². The Morgan fingerprint density at radius 3 is 2.74 bits per heavy atom. The van der Waals surface area contributed by atoms with Gasteiger partial charge in [0.05, 0.1) is 13.1 Å². The lowest BCUT2D eigenvalue weighted by Gasteiger charge is -2.10. The van der Waals surface area contributed by atoms with Gasteiger partial charge < -0.3 is 10.8 Å². The van der Waals surface area contributed by atoms with Gasteiger partial charge in [-0.15, -0.1) is 5.10 Å². The van der Waals surface area contributed by atoms with E-state index in [1.165, 1.54) is 4.80 Å². The maximum atomic E-state index is 11.8. The fraction of sp³-hybridized carbons (Fsp3) is 0.273. The Morgan fingerprint density at radius 2 is 2.16 bits per heavy atom. The lowest BCUT2D eigenvalue weighted by Crippen LogP contribution is -2.37. The Bertz CT molecular complexity index is 565. The molecule has 4 N–H and O–H groups in total. The van der Waals surface area contributed by atoms with Crippen LogP contribution in [0.4, 0.5) is 5.95 Å². The predicted molar refractivity (Wildman–Crippen MR) is 67.2 cm³/mol. The van der Waals surface area contributed by atoms with Crippen LogP contribution in [0, 0.1) is 0 Å². The number of nitrogens with two attached hydrogens (primary N) is 1. The molecule has 0 fully saturated rings. The summed E-state index contributed by atoms with van der Waals surface area (Å²) >= 11 is 0. The van der Waals surface area contributed by atoms with Crippen molar-refractivity contribution < 1.29 is 9.90 Å². The van der Waals surface area contributed by atoms with Crippen molar-refractivity contribution in [2.24, 2.45) is 12.8 Å². The predicted octanol–water partition coefficient (Wildman–Crippen LogP) is -0.576. The second kappa shape index (κ2) is 5.44. The van der Waals surface area contributed by atoms with Crippen molar-refractivity contribution in [2.45, 2.75) is 12.5 Å². The molecule has 2 rings (SSSR count). The van der Waals surface area contributed by atoms with Crippen LogP contribution in [0.15, 0.2) is 24.3 Å². The molecule has 1 aromatic carbocycles. The van der Waals surface area contributed by atoms with E-state index in [1.807, 2.05) is 0 Å². The number of hydrogen-bond donors (Lipinski definition) is 3. The topological polar surface area (TPSA) is 119 Å². The van der Waals surface area contributed by atoms with Gasteiger partial charge in [0.2, 0.25) is 5.91 Å². The fourth-order valence-corrected chi connectivity index (χ4v) is 1.52. The molecular formula is C11H14N6O2. The molecule has 0 saturated heterocycles. The van der Waals surface area contributed by atoms with Crippen LogP contribution in [0.25, 0.3) is 0 Å². The normalized spacial score (nSPS) is 12.1. The summed E-state index contributed by atoms with van der Waals surface area (Å²) in [6.45, 7) is 0. The maximum absolute atomic E-state index is 11.8. The van der Waals surface area contributed by atoms with Gasteiger partial charge in [-0.2, -0.15) is 4.80 Å². The summed E-state index contributed by atoms with van der Waals surface area (Å²) in [6, 6.07) is 5.79. The van der Waals surface area contributed by atoms with Gasteiger partial charge in [0.15, 0.2) is 0 Å². The highest BCUT2D eigenvalue weighted by Crippen LogP contribution is 2.11. The van der Waals surface area contributed by atoms with Crippen LogP contribution in [-0.2, 0) is 18.3 Å².